The van der Waals surface area contributed by atoms with Crippen LogP contribution in [0.15, 0.2) is 24.3 Å². The molecule has 1 saturated heterocycles. The largest absolute Gasteiger partial charge is 0.497 e. The van der Waals surface area contributed by atoms with Gasteiger partial charge < -0.3 is 20.1 Å². The lowest BCUT2D eigenvalue weighted by Crippen LogP contribution is -2.40. The fourth-order valence-electron chi connectivity index (χ4n) is 1.90. The third-order valence-corrected chi connectivity index (χ3v) is 3.02. The van der Waals surface area contributed by atoms with Gasteiger partial charge in [-0.2, -0.15) is 0 Å². The van der Waals surface area contributed by atoms with Gasteiger partial charge >= 0.3 is 5.97 Å². The van der Waals surface area contributed by atoms with Gasteiger partial charge in [-0.1, -0.05) is 6.07 Å². The molecule has 0 aromatic heterocycles. The number of thiocarbonyl (C=S) groups is 1. The molecular formula is C13H16N2O3S. The number of anilines is 1. The van der Waals surface area contributed by atoms with Crippen LogP contribution in [0.25, 0.3) is 0 Å². The lowest BCUT2D eigenvalue weighted by Gasteiger charge is -2.13. The molecule has 5 nitrogen and oxygen atoms in total. The molecule has 2 atom stereocenters. The van der Waals surface area contributed by atoms with Gasteiger partial charge in [-0.25, -0.2) is 4.79 Å². The molecule has 6 heteroatoms. The molecule has 2 rings (SSSR count). The number of ether oxygens (including phenoxy) is 2. The number of nitrogens with one attached hydrogen (secondary N) is 2. The molecule has 1 aliphatic rings. The Morgan fingerprint density at radius 3 is 2.95 bits per heavy atom. The average molecular weight is 280 g/mol. The van der Waals surface area contributed by atoms with E-state index in [0.29, 0.717) is 11.5 Å². The predicted molar refractivity (Wildman–Crippen MR) is 76.3 cm³/mol. The van der Waals surface area contributed by atoms with E-state index < -0.39 is 0 Å². The number of cyclic esters (lactones) is 1. The Kier molecular flexibility index (Phi) is 4.21. The molecule has 0 radical (unpaired) electrons. The fraction of sp³-hybridized carbons (Fsp3) is 0.385. The minimum Gasteiger partial charge on any atom is -0.497 e. The number of methoxy groups -OCH3 is 1. The Hall–Kier alpha value is -1.82. The van der Waals surface area contributed by atoms with E-state index in [2.05, 4.69) is 10.6 Å². The SMILES string of the molecule is COc1cccc(NC(=S)N[C@@H]2C[C@@H](C)OC2=O)c1. The van der Waals surface area contributed by atoms with Crippen LogP contribution in [0.5, 0.6) is 5.75 Å². The second kappa shape index (κ2) is 5.88. The van der Waals surface area contributed by atoms with Crippen LogP contribution < -0.4 is 15.4 Å². The molecule has 0 spiro atoms. The molecule has 19 heavy (non-hydrogen) atoms. The van der Waals surface area contributed by atoms with E-state index in [9.17, 15) is 4.79 Å². The number of carbonyl (C=O) groups excluding carboxylic acids is 1. The molecule has 0 aliphatic carbocycles. The quantitative estimate of drug-likeness (QED) is 0.649. The van der Waals surface area contributed by atoms with E-state index in [1.165, 1.54) is 0 Å². The Labute approximate surface area is 117 Å². The summed E-state index contributed by atoms with van der Waals surface area (Å²) in [5.74, 6) is 0.476. The number of hydrogen-bond acceptors (Lipinski definition) is 4. The van der Waals surface area contributed by atoms with Gasteiger partial charge in [0.05, 0.1) is 7.11 Å². The Morgan fingerprint density at radius 1 is 1.53 bits per heavy atom. The van der Waals surface area contributed by atoms with Gasteiger partial charge in [0.15, 0.2) is 5.11 Å². The van der Waals surface area contributed by atoms with Gasteiger partial charge in [0, 0.05) is 18.2 Å². The molecule has 1 aliphatic heterocycles. The lowest BCUT2D eigenvalue weighted by molar-refractivity contribution is -0.142. The molecule has 1 fully saturated rings. The predicted octanol–water partition coefficient (Wildman–Crippen LogP) is 1.69. The zero-order valence-electron chi connectivity index (χ0n) is 10.8. The summed E-state index contributed by atoms with van der Waals surface area (Å²) in [5, 5.41) is 6.35. The number of esters is 1. The Balaban J connectivity index is 1.92. The minimum atomic E-state index is -0.374. The third kappa shape index (κ3) is 3.57. The molecule has 1 aromatic carbocycles. The molecule has 2 N–H and O–H groups in total. The van der Waals surface area contributed by atoms with Gasteiger partial charge in [0.25, 0.3) is 0 Å². The van der Waals surface area contributed by atoms with E-state index in [0.717, 1.165) is 11.4 Å². The van der Waals surface area contributed by atoms with Gasteiger partial charge in [-0.15, -0.1) is 0 Å². The normalized spacial score (nSPS) is 21.7. The maximum atomic E-state index is 11.5. The van der Waals surface area contributed by atoms with Crippen molar-refractivity contribution in [1.82, 2.24) is 5.32 Å². The molecule has 1 heterocycles. The summed E-state index contributed by atoms with van der Waals surface area (Å²) in [5.41, 5.74) is 0.802. The van der Waals surface area contributed by atoms with Crippen molar-refractivity contribution in [1.29, 1.82) is 0 Å². The van der Waals surface area contributed by atoms with Crippen molar-refractivity contribution in [2.24, 2.45) is 0 Å². The highest BCUT2D eigenvalue weighted by atomic mass is 32.1. The number of carbonyl (C=O) groups is 1. The zero-order valence-corrected chi connectivity index (χ0v) is 11.6. The Bertz CT molecular complexity index is 493. The topological polar surface area (TPSA) is 59.6 Å². The van der Waals surface area contributed by atoms with E-state index in [1.54, 1.807) is 7.11 Å². The molecular weight excluding hydrogens is 264 g/mol. The average Bonchev–Trinajstić information content (AvgIpc) is 2.68. The first kappa shape index (κ1) is 13.6. The smallest absolute Gasteiger partial charge is 0.329 e. The summed E-state index contributed by atoms with van der Waals surface area (Å²) >= 11 is 5.17. The second-order valence-corrected chi connectivity index (χ2v) is 4.77. The summed E-state index contributed by atoms with van der Waals surface area (Å²) in [6, 6.07) is 7.02. The van der Waals surface area contributed by atoms with E-state index in [4.69, 9.17) is 21.7 Å². The van der Waals surface area contributed by atoms with E-state index >= 15 is 0 Å². The first-order valence-electron chi connectivity index (χ1n) is 6.00. The second-order valence-electron chi connectivity index (χ2n) is 4.37. The lowest BCUT2D eigenvalue weighted by atomic mass is 10.2. The van der Waals surface area contributed by atoms with Crippen molar-refractivity contribution in [3.8, 4) is 5.75 Å². The Morgan fingerprint density at radius 2 is 2.32 bits per heavy atom. The van der Waals surface area contributed by atoms with Crippen LogP contribution in [-0.4, -0.2) is 30.3 Å². The van der Waals surface area contributed by atoms with Crippen LogP contribution in [0.1, 0.15) is 13.3 Å². The van der Waals surface area contributed by atoms with Crippen LogP contribution in [-0.2, 0) is 9.53 Å². The van der Waals surface area contributed by atoms with Crippen molar-refractivity contribution in [3.63, 3.8) is 0 Å². The monoisotopic (exact) mass is 280 g/mol. The molecule has 0 unspecified atom stereocenters. The molecule has 1 aromatic rings. The van der Waals surface area contributed by atoms with Crippen LogP contribution in [0, 0.1) is 0 Å². The van der Waals surface area contributed by atoms with Crippen molar-refractivity contribution in [2.45, 2.75) is 25.5 Å². The van der Waals surface area contributed by atoms with Crippen LogP contribution >= 0.6 is 12.2 Å². The maximum Gasteiger partial charge on any atom is 0.329 e. The maximum absolute atomic E-state index is 11.5. The standard InChI is InChI=1S/C13H16N2O3S/c1-8-6-11(12(16)18-8)15-13(19)14-9-4-3-5-10(7-9)17-2/h3-5,7-8,11H,6H2,1-2H3,(H2,14,15,19)/t8-,11-/m1/s1. The van der Waals surface area contributed by atoms with Crippen molar-refractivity contribution >= 4 is 29.0 Å². The molecule has 0 bridgehead atoms. The zero-order chi connectivity index (χ0) is 13.8. The van der Waals surface area contributed by atoms with Crippen molar-refractivity contribution in [3.05, 3.63) is 24.3 Å². The summed E-state index contributed by atoms with van der Waals surface area (Å²) in [6.45, 7) is 1.86. The highest BCUT2D eigenvalue weighted by Gasteiger charge is 2.32. The van der Waals surface area contributed by atoms with Crippen molar-refractivity contribution in [2.75, 3.05) is 12.4 Å². The van der Waals surface area contributed by atoms with Gasteiger partial charge in [0.2, 0.25) is 0 Å². The van der Waals surface area contributed by atoms with Gasteiger partial charge in [-0.05, 0) is 31.3 Å². The molecule has 0 saturated carbocycles. The number of benzene rings is 1. The minimum absolute atomic E-state index is 0.0652. The number of rotatable bonds is 3. The summed E-state index contributed by atoms with van der Waals surface area (Å²) < 4.78 is 10.2. The van der Waals surface area contributed by atoms with Gasteiger partial charge in [0.1, 0.15) is 17.9 Å². The van der Waals surface area contributed by atoms with E-state index in [-0.39, 0.29) is 18.1 Å². The highest BCUT2D eigenvalue weighted by molar-refractivity contribution is 7.80. The summed E-state index contributed by atoms with van der Waals surface area (Å²) in [7, 11) is 1.60. The fourth-order valence-corrected chi connectivity index (χ4v) is 2.16. The van der Waals surface area contributed by atoms with Crippen LogP contribution in [0.4, 0.5) is 5.69 Å². The third-order valence-electron chi connectivity index (χ3n) is 2.80. The number of hydrogen-bond donors (Lipinski definition) is 2. The van der Waals surface area contributed by atoms with E-state index in [1.807, 2.05) is 31.2 Å². The molecule has 102 valence electrons. The van der Waals surface area contributed by atoms with Crippen molar-refractivity contribution < 1.29 is 14.3 Å². The van der Waals surface area contributed by atoms with Crippen LogP contribution in [0.3, 0.4) is 0 Å². The summed E-state index contributed by atoms with van der Waals surface area (Å²) in [6.07, 6.45) is 0.559. The first-order valence-corrected chi connectivity index (χ1v) is 6.41. The highest BCUT2D eigenvalue weighted by Crippen LogP contribution is 2.17. The first-order chi connectivity index (χ1) is 9.08. The summed E-state index contributed by atoms with van der Waals surface area (Å²) in [4.78, 5) is 11.5. The van der Waals surface area contributed by atoms with Crippen LogP contribution in [0.2, 0.25) is 0 Å². The van der Waals surface area contributed by atoms with Gasteiger partial charge in [-0.3, -0.25) is 0 Å². The molecule has 0 amide bonds.